The Morgan fingerprint density at radius 1 is 1.30 bits per heavy atom. The molecular weight excluding hydrogens is 321 g/mol. The summed E-state index contributed by atoms with van der Waals surface area (Å²) >= 11 is 0. The van der Waals surface area contributed by atoms with E-state index in [4.69, 9.17) is 0 Å². The Bertz CT molecular complexity index is 442. The van der Waals surface area contributed by atoms with Crippen molar-refractivity contribution >= 4 is 34.8 Å². The molecule has 0 radical (unpaired) electrons. The van der Waals surface area contributed by atoms with Gasteiger partial charge in [-0.1, -0.05) is 0 Å². The average molecular weight is 346 g/mol. The van der Waals surface area contributed by atoms with Crippen LogP contribution in [-0.4, -0.2) is 69.7 Å². The molecule has 3 fully saturated rings. The first-order valence-electron chi connectivity index (χ1n) is 6.78. The molecule has 0 bridgehead atoms. The van der Waals surface area contributed by atoms with Gasteiger partial charge in [0, 0.05) is 31.6 Å². The molecule has 2 aliphatic heterocycles. The Balaban J connectivity index is 0.000001000. The van der Waals surface area contributed by atoms with Crippen LogP contribution >= 0.6 is 24.8 Å². The van der Waals surface area contributed by atoms with Gasteiger partial charge in [-0.3, -0.25) is 0 Å². The largest absolute Gasteiger partial charge is 0.316 e. The van der Waals surface area contributed by atoms with E-state index in [9.17, 15) is 8.42 Å². The van der Waals surface area contributed by atoms with Gasteiger partial charge in [0.15, 0.2) is 0 Å². The van der Waals surface area contributed by atoms with Crippen LogP contribution in [0.1, 0.15) is 12.8 Å². The van der Waals surface area contributed by atoms with Crippen molar-refractivity contribution in [3.63, 3.8) is 0 Å². The summed E-state index contributed by atoms with van der Waals surface area (Å²) in [6, 6.07) is 0. The highest BCUT2D eigenvalue weighted by atomic mass is 35.5. The normalized spacial score (nSPS) is 33.6. The van der Waals surface area contributed by atoms with E-state index < -0.39 is 10.0 Å². The maximum Gasteiger partial charge on any atom is 0.217 e. The maximum atomic E-state index is 12.3. The molecule has 0 aromatic carbocycles. The van der Waals surface area contributed by atoms with Crippen molar-refractivity contribution in [3.8, 4) is 0 Å². The summed E-state index contributed by atoms with van der Waals surface area (Å²) in [7, 11) is 1.15. The molecule has 2 heterocycles. The molecule has 0 amide bonds. The van der Waals surface area contributed by atoms with E-state index in [2.05, 4.69) is 24.3 Å². The van der Waals surface area contributed by atoms with Crippen LogP contribution in [0.15, 0.2) is 0 Å². The molecule has 0 aromatic heterocycles. The number of fused-ring (bicyclic) bond motifs is 1. The molecule has 120 valence electrons. The molecule has 1 saturated carbocycles. The molecule has 1 aliphatic carbocycles. The molecule has 8 heteroatoms. The van der Waals surface area contributed by atoms with Gasteiger partial charge in [0.1, 0.15) is 0 Å². The molecule has 3 aliphatic rings. The fourth-order valence-electron chi connectivity index (χ4n) is 3.60. The van der Waals surface area contributed by atoms with Gasteiger partial charge in [-0.2, -0.15) is 0 Å². The summed E-state index contributed by atoms with van der Waals surface area (Å²) < 4.78 is 26.5. The number of nitrogens with one attached hydrogen (secondary N) is 1. The fraction of sp³-hybridized carbons (Fsp3) is 1.00. The molecule has 2 atom stereocenters. The lowest BCUT2D eigenvalue weighted by Gasteiger charge is -2.31. The number of sulfonamides is 1. The van der Waals surface area contributed by atoms with Gasteiger partial charge in [-0.05, 0) is 39.4 Å². The number of nitrogens with zero attached hydrogens (tertiary/aromatic N) is 2. The molecule has 0 spiro atoms. The fourth-order valence-corrected chi connectivity index (χ4v) is 5.57. The zero-order chi connectivity index (χ0) is 13.0. The lowest BCUT2D eigenvalue weighted by Crippen LogP contribution is -2.42. The standard InChI is InChI=1S/C12H23N3O2S.2ClH/c1-14(2)8-12-7-13-5-10(12)6-15(9-12)18(16,17)11-3-4-11;;/h10-11,13H,3-9H2,1-2H3;2*1H. The summed E-state index contributed by atoms with van der Waals surface area (Å²) in [5.41, 5.74) is 0.130. The van der Waals surface area contributed by atoms with Gasteiger partial charge < -0.3 is 10.2 Å². The van der Waals surface area contributed by atoms with Gasteiger partial charge in [-0.25, -0.2) is 12.7 Å². The van der Waals surface area contributed by atoms with Crippen LogP contribution < -0.4 is 5.32 Å². The first-order chi connectivity index (χ1) is 8.44. The third kappa shape index (κ3) is 3.10. The van der Waals surface area contributed by atoms with Crippen molar-refractivity contribution in [3.05, 3.63) is 0 Å². The monoisotopic (exact) mass is 345 g/mol. The second kappa shape index (κ2) is 6.26. The van der Waals surface area contributed by atoms with Crippen molar-refractivity contribution in [2.75, 3.05) is 46.8 Å². The minimum atomic E-state index is -2.99. The van der Waals surface area contributed by atoms with E-state index in [0.29, 0.717) is 12.5 Å². The van der Waals surface area contributed by atoms with Crippen LogP contribution in [0.2, 0.25) is 0 Å². The zero-order valence-electron chi connectivity index (χ0n) is 12.0. The molecule has 20 heavy (non-hydrogen) atoms. The van der Waals surface area contributed by atoms with Gasteiger partial charge in [-0.15, -0.1) is 24.8 Å². The predicted octanol–water partition coefficient (Wildman–Crippen LogP) is 0.405. The smallest absolute Gasteiger partial charge is 0.217 e. The Morgan fingerprint density at radius 2 is 1.95 bits per heavy atom. The van der Waals surface area contributed by atoms with Crippen LogP contribution in [0.4, 0.5) is 0 Å². The zero-order valence-corrected chi connectivity index (χ0v) is 14.5. The van der Waals surface area contributed by atoms with Crippen molar-refractivity contribution in [1.29, 1.82) is 0 Å². The van der Waals surface area contributed by atoms with Crippen molar-refractivity contribution in [1.82, 2.24) is 14.5 Å². The number of halogens is 2. The van der Waals surface area contributed by atoms with E-state index in [1.54, 1.807) is 4.31 Å². The number of hydrogen-bond donors (Lipinski definition) is 1. The van der Waals surface area contributed by atoms with Crippen LogP contribution in [0.5, 0.6) is 0 Å². The highest BCUT2D eigenvalue weighted by Crippen LogP contribution is 2.43. The molecule has 1 N–H and O–H groups in total. The van der Waals surface area contributed by atoms with Gasteiger partial charge in [0.05, 0.1) is 5.25 Å². The molecule has 5 nitrogen and oxygen atoms in total. The van der Waals surface area contributed by atoms with Crippen LogP contribution in [-0.2, 0) is 10.0 Å². The van der Waals surface area contributed by atoms with Gasteiger partial charge in [0.2, 0.25) is 10.0 Å². The second-order valence-corrected chi connectivity index (χ2v) is 8.68. The summed E-state index contributed by atoms with van der Waals surface area (Å²) in [6.07, 6.45) is 1.73. The molecule has 2 unspecified atom stereocenters. The van der Waals surface area contributed by atoms with Crippen LogP contribution in [0.25, 0.3) is 0 Å². The minimum Gasteiger partial charge on any atom is -0.316 e. The molecule has 3 rings (SSSR count). The number of rotatable bonds is 4. The quantitative estimate of drug-likeness (QED) is 0.801. The first kappa shape index (κ1) is 18.5. The Kier molecular flexibility index (Phi) is 5.78. The highest BCUT2D eigenvalue weighted by molar-refractivity contribution is 7.90. The second-order valence-electron chi connectivity index (χ2n) is 6.46. The maximum absolute atomic E-state index is 12.3. The summed E-state index contributed by atoms with van der Waals surface area (Å²) in [4.78, 5) is 2.19. The van der Waals surface area contributed by atoms with Crippen LogP contribution in [0, 0.1) is 11.3 Å². The molecular formula is C12H25Cl2N3O2S. The van der Waals surface area contributed by atoms with E-state index in [-0.39, 0.29) is 35.5 Å². The molecule has 0 aromatic rings. The lowest BCUT2D eigenvalue weighted by atomic mass is 9.81. The average Bonchev–Trinajstić information content (AvgIpc) is 2.95. The Morgan fingerprint density at radius 3 is 2.50 bits per heavy atom. The Labute approximate surface area is 134 Å². The third-order valence-electron chi connectivity index (χ3n) is 4.59. The van der Waals surface area contributed by atoms with Crippen LogP contribution in [0.3, 0.4) is 0 Å². The van der Waals surface area contributed by atoms with E-state index in [1.807, 2.05) is 0 Å². The SMILES string of the molecule is CN(C)CC12CNCC1CN(S(=O)(=O)C1CC1)C2.Cl.Cl. The van der Waals surface area contributed by atoms with E-state index in [1.165, 1.54) is 0 Å². The Hall–Kier alpha value is 0.410. The van der Waals surface area contributed by atoms with Crippen molar-refractivity contribution in [2.24, 2.45) is 11.3 Å². The molecule has 2 saturated heterocycles. The van der Waals surface area contributed by atoms with E-state index >= 15 is 0 Å². The van der Waals surface area contributed by atoms with Gasteiger partial charge in [0.25, 0.3) is 0 Å². The first-order valence-corrected chi connectivity index (χ1v) is 8.29. The van der Waals surface area contributed by atoms with E-state index in [0.717, 1.165) is 39.0 Å². The van der Waals surface area contributed by atoms with Gasteiger partial charge >= 0.3 is 0 Å². The highest BCUT2D eigenvalue weighted by Gasteiger charge is 2.54. The lowest BCUT2D eigenvalue weighted by molar-refractivity contribution is 0.198. The topological polar surface area (TPSA) is 52.6 Å². The van der Waals surface area contributed by atoms with Crippen molar-refractivity contribution in [2.45, 2.75) is 18.1 Å². The third-order valence-corrected chi connectivity index (χ3v) is 6.90. The predicted molar refractivity (Wildman–Crippen MR) is 85.4 cm³/mol. The number of hydrogen-bond acceptors (Lipinski definition) is 4. The van der Waals surface area contributed by atoms with Crippen molar-refractivity contribution < 1.29 is 8.42 Å². The summed E-state index contributed by atoms with van der Waals surface area (Å²) in [5, 5.41) is 3.37. The summed E-state index contributed by atoms with van der Waals surface area (Å²) in [6.45, 7) is 4.32. The minimum absolute atomic E-state index is 0. The summed E-state index contributed by atoms with van der Waals surface area (Å²) in [5.74, 6) is 0.480.